The number of hydrogen-bond donors (Lipinski definition) is 1. The zero-order valence-corrected chi connectivity index (χ0v) is 13.4. The van der Waals surface area contributed by atoms with E-state index in [2.05, 4.69) is 15.4 Å². The first-order chi connectivity index (χ1) is 11.4. The van der Waals surface area contributed by atoms with Crippen molar-refractivity contribution in [3.63, 3.8) is 0 Å². The first kappa shape index (κ1) is 15.6. The summed E-state index contributed by atoms with van der Waals surface area (Å²) in [6.45, 7) is 3.47. The molecule has 0 aliphatic carbocycles. The largest absolute Gasteiger partial charge is 0.321 e. The number of nitrogens with one attached hydrogen (secondary N) is 1. The summed E-state index contributed by atoms with van der Waals surface area (Å²) in [5.74, 6) is -0.351. The van der Waals surface area contributed by atoms with E-state index in [9.17, 15) is 14.9 Å². The molecule has 2 aromatic heterocycles. The number of anilines is 1. The molecule has 8 nitrogen and oxygen atoms in total. The van der Waals surface area contributed by atoms with Gasteiger partial charge in [-0.25, -0.2) is 4.98 Å². The summed E-state index contributed by atoms with van der Waals surface area (Å²) in [7, 11) is 1.81. The Labute approximate surface area is 137 Å². The fourth-order valence-electron chi connectivity index (χ4n) is 2.58. The second-order valence-electron chi connectivity index (χ2n) is 5.52. The summed E-state index contributed by atoms with van der Waals surface area (Å²) in [5.41, 5.74) is 2.87. The maximum absolute atomic E-state index is 12.3. The average molecular weight is 325 g/mol. The van der Waals surface area contributed by atoms with Crippen molar-refractivity contribution in [1.82, 2.24) is 14.8 Å². The Morgan fingerprint density at radius 3 is 2.71 bits per heavy atom. The molecule has 0 saturated carbocycles. The third kappa shape index (κ3) is 2.69. The molecule has 2 heterocycles. The standard InChI is InChI=1S/C16H15N5O3/c1-9-6-11(4-5-14(9)21(23)24)16(22)18-12-7-13-10(2)19-20(3)15(13)17-8-12/h4-8H,1-3H3,(H,18,22). The van der Waals surface area contributed by atoms with Gasteiger partial charge in [-0.05, 0) is 32.0 Å². The van der Waals surface area contributed by atoms with Crippen LogP contribution in [0.3, 0.4) is 0 Å². The molecule has 8 heteroatoms. The Bertz CT molecular complexity index is 977. The number of carbonyl (C=O) groups is 1. The summed E-state index contributed by atoms with van der Waals surface area (Å²) in [4.78, 5) is 27.0. The van der Waals surface area contributed by atoms with Crippen LogP contribution in [0.5, 0.6) is 0 Å². The molecule has 0 aliphatic heterocycles. The minimum Gasteiger partial charge on any atom is -0.321 e. The van der Waals surface area contributed by atoms with E-state index in [1.165, 1.54) is 18.2 Å². The molecule has 0 saturated heterocycles. The highest BCUT2D eigenvalue weighted by atomic mass is 16.6. The topological polar surface area (TPSA) is 103 Å². The molecule has 3 aromatic rings. The van der Waals surface area contributed by atoms with E-state index in [-0.39, 0.29) is 11.6 Å². The van der Waals surface area contributed by atoms with E-state index in [4.69, 9.17) is 0 Å². The lowest BCUT2D eigenvalue weighted by molar-refractivity contribution is -0.385. The highest BCUT2D eigenvalue weighted by Crippen LogP contribution is 2.22. The van der Waals surface area contributed by atoms with Crippen molar-refractivity contribution in [2.45, 2.75) is 13.8 Å². The lowest BCUT2D eigenvalue weighted by Crippen LogP contribution is -2.12. The van der Waals surface area contributed by atoms with E-state index in [0.29, 0.717) is 16.8 Å². The second kappa shape index (κ2) is 5.73. The molecule has 1 aromatic carbocycles. The first-order valence-corrected chi connectivity index (χ1v) is 7.22. The number of aromatic nitrogens is 3. The van der Waals surface area contributed by atoms with E-state index in [1.54, 1.807) is 30.9 Å². The Morgan fingerprint density at radius 2 is 2.04 bits per heavy atom. The van der Waals surface area contributed by atoms with Gasteiger partial charge in [-0.1, -0.05) is 0 Å². The van der Waals surface area contributed by atoms with Gasteiger partial charge in [-0.15, -0.1) is 0 Å². The second-order valence-corrected chi connectivity index (χ2v) is 5.52. The number of hydrogen-bond acceptors (Lipinski definition) is 5. The maximum Gasteiger partial charge on any atom is 0.272 e. The van der Waals surface area contributed by atoms with Crippen LogP contribution in [0.15, 0.2) is 30.5 Å². The molecular weight excluding hydrogens is 310 g/mol. The van der Waals surface area contributed by atoms with Crippen LogP contribution in [0.25, 0.3) is 11.0 Å². The highest BCUT2D eigenvalue weighted by molar-refractivity contribution is 6.05. The highest BCUT2D eigenvalue weighted by Gasteiger charge is 2.15. The van der Waals surface area contributed by atoms with Crippen LogP contribution < -0.4 is 5.32 Å². The summed E-state index contributed by atoms with van der Waals surface area (Å²) in [5, 5.41) is 18.7. The van der Waals surface area contributed by atoms with Gasteiger partial charge in [0.1, 0.15) is 0 Å². The molecular formula is C16H15N5O3. The van der Waals surface area contributed by atoms with Crippen molar-refractivity contribution in [3.8, 4) is 0 Å². The van der Waals surface area contributed by atoms with Crippen molar-refractivity contribution in [3.05, 3.63) is 57.4 Å². The minimum absolute atomic E-state index is 0.0133. The van der Waals surface area contributed by atoms with Crippen LogP contribution >= 0.6 is 0 Å². The Balaban J connectivity index is 1.88. The number of pyridine rings is 1. The normalized spacial score (nSPS) is 10.8. The van der Waals surface area contributed by atoms with Crippen molar-refractivity contribution in [1.29, 1.82) is 0 Å². The SMILES string of the molecule is Cc1cc(C(=O)Nc2cnc3c(c2)c(C)nn3C)ccc1[N+](=O)[O-]. The summed E-state index contributed by atoms with van der Waals surface area (Å²) < 4.78 is 1.68. The van der Waals surface area contributed by atoms with Gasteiger partial charge in [0.05, 0.1) is 22.5 Å². The summed E-state index contributed by atoms with van der Waals surface area (Å²) in [6, 6.07) is 6.06. The van der Waals surface area contributed by atoms with Gasteiger partial charge >= 0.3 is 0 Å². The fourth-order valence-corrected chi connectivity index (χ4v) is 2.58. The number of fused-ring (bicyclic) bond motifs is 1. The van der Waals surface area contributed by atoms with Crippen LogP contribution in [0.2, 0.25) is 0 Å². The van der Waals surface area contributed by atoms with Gasteiger partial charge in [0.15, 0.2) is 5.65 Å². The Hall–Kier alpha value is -3.29. The van der Waals surface area contributed by atoms with E-state index < -0.39 is 4.92 Å². The lowest BCUT2D eigenvalue weighted by atomic mass is 10.1. The van der Waals surface area contributed by atoms with Crippen LogP contribution in [-0.4, -0.2) is 25.6 Å². The molecule has 0 aliphatic rings. The number of rotatable bonds is 3. The number of nitrogens with zero attached hydrogens (tertiary/aromatic N) is 4. The molecule has 24 heavy (non-hydrogen) atoms. The van der Waals surface area contributed by atoms with Crippen molar-refractivity contribution < 1.29 is 9.72 Å². The average Bonchev–Trinajstić information content (AvgIpc) is 2.81. The van der Waals surface area contributed by atoms with Gasteiger partial charge in [-0.3, -0.25) is 19.6 Å². The predicted octanol–water partition coefficient (Wildman–Crippen LogP) is 2.75. The molecule has 0 bridgehead atoms. The van der Waals surface area contributed by atoms with Gasteiger partial charge in [0, 0.05) is 29.6 Å². The van der Waals surface area contributed by atoms with E-state index in [0.717, 1.165) is 16.7 Å². The van der Waals surface area contributed by atoms with Gasteiger partial charge in [0.25, 0.3) is 11.6 Å². The predicted molar refractivity (Wildman–Crippen MR) is 89.0 cm³/mol. The smallest absolute Gasteiger partial charge is 0.272 e. The van der Waals surface area contributed by atoms with Crippen LogP contribution in [0, 0.1) is 24.0 Å². The van der Waals surface area contributed by atoms with Crippen LogP contribution in [0.1, 0.15) is 21.6 Å². The number of aryl methyl sites for hydroxylation is 3. The zero-order chi connectivity index (χ0) is 17.4. The molecule has 0 unspecified atom stereocenters. The summed E-state index contributed by atoms with van der Waals surface area (Å²) >= 11 is 0. The molecule has 0 fully saturated rings. The van der Waals surface area contributed by atoms with Crippen LogP contribution in [-0.2, 0) is 7.05 Å². The number of carbonyl (C=O) groups excluding carboxylic acids is 1. The minimum atomic E-state index is -0.472. The quantitative estimate of drug-likeness (QED) is 0.589. The van der Waals surface area contributed by atoms with E-state index >= 15 is 0 Å². The van der Waals surface area contributed by atoms with Crippen LogP contribution in [0.4, 0.5) is 11.4 Å². The number of nitro groups is 1. The van der Waals surface area contributed by atoms with Crippen molar-refractivity contribution in [2.24, 2.45) is 7.05 Å². The third-order valence-electron chi connectivity index (χ3n) is 3.78. The van der Waals surface area contributed by atoms with E-state index in [1.807, 2.05) is 6.92 Å². The number of nitro benzene ring substituents is 1. The lowest BCUT2D eigenvalue weighted by Gasteiger charge is -2.06. The van der Waals surface area contributed by atoms with Gasteiger partial charge in [-0.2, -0.15) is 5.10 Å². The Kier molecular flexibility index (Phi) is 3.72. The molecule has 0 radical (unpaired) electrons. The monoisotopic (exact) mass is 325 g/mol. The Morgan fingerprint density at radius 1 is 1.29 bits per heavy atom. The maximum atomic E-state index is 12.3. The molecule has 1 amide bonds. The number of amides is 1. The van der Waals surface area contributed by atoms with Gasteiger partial charge < -0.3 is 5.32 Å². The van der Waals surface area contributed by atoms with Crippen molar-refractivity contribution in [2.75, 3.05) is 5.32 Å². The molecule has 0 atom stereocenters. The van der Waals surface area contributed by atoms with Crippen molar-refractivity contribution >= 4 is 28.3 Å². The first-order valence-electron chi connectivity index (χ1n) is 7.22. The summed E-state index contributed by atoms with van der Waals surface area (Å²) in [6.07, 6.45) is 1.56. The molecule has 122 valence electrons. The molecule has 1 N–H and O–H groups in total. The fraction of sp³-hybridized carbons (Fsp3) is 0.188. The molecule has 0 spiro atoms. The molecule has 3 rings (SSSR count). The third-order valence-corrected chi connectivity index (χ3v) is 3.78. The van der Waals surface area contributed by atoms with Gasteiger partial charge in [0.2, 0.25) is 0 Å². The number of benzene rings is 1. The zero-order valence-electron chi connectivity index (χ0n) is 13.4.